The van der Waals surface area contributed by atoms with Gasteiger partial charge in [-0.2, -0.15) is 0 Å². The van der Waals surface area contributed by atoms with E-state index in [9.17, 15) is 14.4 Å². The zero-order valence-electron chi connectivity index (χ0n) is 24.2. The second-order valence-corrected chi connectivity index (χ2v) is 13.5. The molecule has 4 aliphatic rings. The number of thioether (sulfide) groups is 1. The number of rotatable bonds is 8. The summed E-state index contributed by atoms with van der Waals surface area (Å²) in [7, 11) is 0. The molecule has 1 spiro atoms. The topological polar surface area (TPSA) is 87.7 Å². The molecule has 6 rings (SSSR count). The summed E-state index contributed by atoms with van der Waals surface area (Å²) >= 11 is 7.68. The van der Waals surface area contributed by atoms with Crippen molar-refractivity contribution < 1.29 is 19.1 Å². The van der Waals surface area contributed by atoms with Crippen molar-refractivity contribution in [3.8, 4) is 0 Å². The highest BCUT2D eigenvalue weighted by molar-refractivity contribution is 7.98. The molecule has 42 heavy (non-hydrogen) atoms. The van der Waals surface area contributed by atoms with Crippen molar-refractivity contribution in [2.45, 2.75) is 68.2 Å². The summed E-state index contributed by atoms with van der Waals surface area (Å²) in [4.78, 5) is 44.9. The van der Waals surface area contributed by atoms with E-state index >= 15 is 0 Å². The Morgan fingerprint density at radius 1 is 1.12 bits per heavy atom. The van der Waals surface area contributed by atoms with Gasteiger partial charge in [0.1, 0.15) is 11.6 Å². The highest BCUT2D eigenvalue weighted by atomic mass is 35.5. The maximum atomic E-state index is 14.3. The summed E-state index contributed by atoms with van der Waals surface area (Å²) in [5, 5.41) is 6.98. The molecule has 1 aliphatic carbocycles. The summed E-state index contributed by atoms with van der Waals surface area (Å²) in [6, 6.07) is 14.3. The third-order valence-electron chi connectivity index (χ3n) is 9.85. The average molecular weight is 608 g/mol. The Bertz CT molecular complexity index is 1400. The van der Waals surface area contributed by atoms with Crippen LogP contribution in [0.3, 0.4) is 0 Å². The lowest BCUT2D eigenvalue weighted by Crippen LogP contribution is -2.58. The van der Waals surface area contributed by atoms with Crippen LogP contribution in [-0.4, -0.2) is 59.2 Å². The van der Waals surface area contributed by atoms with Crippen LogP contribution >= 0.6 is 23.4 Å². The molecule has 0 radical (unpaired) electrons. The number of benzene rings is 2. The van der Waals surface area contributed by atoms with Gasteiger partial charge >= 0.3 is 0 Å². The summed E-state index contributed by atoms with van der Waals surface area (Å²) in [6.45, 7) is 4.76. The fourth-order valence-electron chi connectivity index (χ4n) is 7.38. The van der Waals surface area contributed by atoms with Crippen molar-refractivity contribution in [1.29, 1.82) is 0 Å². The predicted molar refractivity (Wildman–Crippen MR) is 165 cm³/mol. The molecule has 2 aromatic carbocycles. The molecule has 222 valence electrons. The first-order valence-corrected chi connectivity index (χ1v) is 16.5. The van der Waals surface area contributed by atoms with Gasteiger partial charge in [0.15, 0.2) is 0 Å². The standard InChI is InChI=1S/C33H38ClN3O4S/c1-19-6-4-9-25(20(19)2)36-31(39)29-33-16-14-26(41-33)27(30(38)35-23-7-5-8-24(18-23)42-3)28(33)32(40)37(29)17-15-21-10-12-22(34)13-11-21/h5,7-8,10-14,16,18-20,25-29H,4,6,9,15,17H2,1-3H3,(H,35,38)(H,36,39)/t19-,20-,25+,26-,27+,28-,29-,33-/m0/s1. The molecule has 3 fully saturated rings. The number of ether oxygens (including phenoxy) is 1. The molecule has 0 aromatic heterocycles. The Balaban J connectivity index is 1.29. The molecule has 9 heteroatoms. The van der Waals surface area contributed by atoms with Crippen LogP contribution in [0.25, 0.3) is 0 Å². The summed E-state index contributed by atoms with van der Waals surface area (Å²) in [5.41, 5.74) is 0.505. The molecule has 2 saturated heterocycles. The second-order valence-electron chi connectivity index (χ2n) is 12.2. The van der Waals surface area contributed by atoms with Crippen LogP contribution in [0, 0.1) is 23.7 Å². The number of nitrogens with one attached hydrogen (secondary N) is 2. The van der Waals surface area contributed by atoms with Gasteiger partial charge in [0.05, 0.1) is 17.9 Å². The SMILES string of the molecule is CSc1cccc(NC(=O)[C@@H]2[C@@H]3C=C[C@]4(O3)[C@@H]2C(=O)N(CCc2ccc(Cl)cc2)[C@H]4C(=O)N[C@@H]2CCC[C@H](C)[C@@H]2C)c1. The summed E-state index contributed by atoms with van der Waals surface area (Å²) in [6.07, 6.45) is 8.83. The summed E-state index contributed by atoms with van der Waals surface area (Å²) in [5.74, 6) is -1.34. The molecule has 0 unspecified atom stereocenters. The fraction of sp³-hybridized carbons (Fsp3) is 0.485. The Hall–Kier alpha value is -2.81. The Morgan fingerprint density at radius 2 is 1.90 bits per heavy atom. The van der Waals surface area contributed by atoms with Gasteiger partial charge in [-0.3, -0.25) is 14.4 Å². The molecule has 2 N–H and O–H groups in total. The maximum absolute atomic E-state index is 14.3. The monoisotopic (exact) mass is 607 g/mol. The average Bonchev–Trinajstić information content (AvgIpc) is 3.62. The number of amides is 3. The first-order valence-electron chi connectivity index (χ1n) is 14.9. The normalized spacial score (nSPS) is 33.1. The highest BCUT2D eigenvalue weighted by Crippen LogP contribution is 2.55. The molecular formula is C33H38ClN3O4S. The number of hydrogen-bond acceptors (Lipinski definition) is 5. The quantitative estimate of drug-likeness (QED) is 0.313. The number of carbonyl (C=O) groups excluding carboxylic acids is 3. The third kappa shape index (κ3) is 5.16. The van der Waals surface area contributed by atoms with E-state index in [1.807, 2.05) is 66.9 Å². The van der Waals surface area contributed by atoms with E-state index in [0.717, 1.165) is 29.7 Å². The largest absolute Gasteiger partial charge is 0.359 e. The zero-order chi connectivity index (χ0) is 29.6. The van der Waals surface area contributed by atoms with Crippen molar-refractivity contribution >= 4 is 46.8 Å². The number of halogens is 1. The molecule has 3 aliphatic heterocycles. The maximum Gasteiger partial charge on any atom is 0.246 e. The molecule has 2 bridgehead atoms. The Kier molecular flexibility index (Phi) is 8.15. The van der Waals surface area contributed by atoms with Crippen LogP contribution in [0.4, 0.5) is 5.69 Å². The first-order chi connectivity index (χ1) is 20.2. The summed E-state index contributed by atoms with van der Waals surface area (Å²) < 4.78 is 6.52. The van der Waals surface area contributed by atoms with E-state index in [2.05, 4.69) is 24.5 Å². The van der Waals surface area contributed by atoms with Gasteiger partial charge in [0, 0.05) is 28.2 Å². The van der Waals surface area contributed by atoms with Crippen LogP contribution in [-0.2, 0) is 25.5 Å². The Labute approximate surface area is 256 Å². The minimum atomic E-state index is -1.18. The fourth-order valence-corrected chi connectivity index (χ4v) is 7.97. The lowest BCUT2D eigenvalue weighted by Gasteiger charge is -2.38. The van der Waals surface area contributed by atoms with Gasteiger partial charge in [-0.1, -0.05) is 68.6 Å². The van der Waals surface area contributed by atoms with Crippen molar-refractivity contribution in [2.24, 2.45) is 23.7 Å². The number of hydrogen-bond donors (Lipinski definition) is 2. The lowest BCUT2D eigenvalue weighted by atomic mass is 9.73. The van der Waals surface area contributed by atoms with Gasteiger partial charge in [0.25, 0.3) is 0 Å². The number of nitrogens with zero attached hydrogens (tertiary/aromatic N) is 1. The van der Waals surface area contributed by atoms with E-state index < -0.39 is 29.6 Å². The number of fused-ring (bicyclic) bond motifs is 1. The third-order valence-corrected chi connectivity index (χ3v) is 10.8. The van der Waals surface area contributed by atoms with E-state index in [1.54, 1.807) is 16.7 Å². The number of likely N-dealkylation sites (tertiary alicyclic amines) is 1. The Morgan fingerprint density at radius 3 is 2.67 bits per heavy atom. The van der Waals surface area contributed by atoms with Crippen LogP contribution in [0.15, 0.2) is 65.6 Å². The lowest BCUT2D eigenvalue weighted by molar-refractivity contribution is -0.141. The minimum Gasteiger partial charge on any atom is -0.359 e. The predicted octanol–water partition coefficient (Wildman–Crippen LogP) is 5.33. The van der Waals surface area contributed by atoms with Gasteiger partial charge in [0.2, 0.25) is 17.7 Å². The molecule has 7 nitrogen and oxygen atoms in total. The van der Waals surface area contributed by atoms with Crippen LogP contribution in [0.5, 0.6) is 0 Å². The van der Waals surface area contributed by atoms with E-state index in [1.165, 1.54) is 0 Å². The van der Waals surface area contributed by atoms with Crippen molar-refractivity contribution in [2.75, 3.05) is 18.1 Å². The minimum absolute atomic E-state index is 0.0373. The van der Waals surface area contributed by atoms with Gasteiger partial charge in [-0.15, -0.1) is 11.8 Å². The molecule has 3 amide bonds. The highest BCUT2D eigenvalue weighted by Gasteiger charge is 2.72. The molecule has 8 atom stereocenters. The zero-order valence-corrected chi connectivity index (χ0v) is 25.8. The number of anilines is 1. The van der Waals surface area contributed by atoms with Gasteiger partial charge in [-0.05, 0) is 66.8 Å². The van der Waals surface area contributed by atoms with Gasteiger partial charge in [-0.25, -0.2) is 0 Å². The van der Waals surface area contributed by atoms with E-state index in [4.69, 9.17) is 16.3 Å². The van der Waals surface area contributed by atoms with Crippen molar-refractivity contribution in [1.82, 2.24) is 10.2 Å². The van der Waals surface area contributed by atoms with Crippen LogP contribution < -0.4 is 10.6 Å². The van der Waals surface area contributed by atoms with E-state index in [-0.39, 0.29) is 23.8 Å². The van der Waals surface area contributed by atoms with Crippen LogP contribution in [0.1, 0.15) is 38.7 Å². The first kappa shape index (κ1) is 29.3. The molecular weight excluding hydrogens is 570 g/mol. The van der Waals surface area contributed by atoms with Crippen molar-refractivity contribution in [3.05, 3.63) is 71.3 Å². The molecule has 1 saturated carbocycles. The smallest absolute Gasteiger partial charge is 0.246 e. The molecule has 3 heterocycles. The molecule has 2 aromatic rings. The number of carbonyl (C=O) groups is 3. The second kappa shape index (κ2) is 11.7. The van der Waals surface area contributed by atoms with E-state index in [0.29, 0.717) is 35.5 Å². The van der Waals surface area contributed by atoms with Gasteiger partial charge < -0.3 is 20.3 Å². The van der Waals surface area contributed by atoms with Crippen LogP contribution in [0.2, 0.25) is 5.02 Å². The van der Waals surface area contributed by atoms with Crippen molar-refractivity contribution in [3.63, 3.8) is 0 Å².